The highest BCUT2D eigenvalue weighted by Crippen LogP contribution is 2.39. The van der Waals surface area contributed by atoms with Gasteiger partial charge in [0.25, 0.3) is 5.91 Å². The van der Waals surface area contributed by atoms with Crippen molar-refractivity contribution in [1.82, 2.24) is 15.2 Å². The summed E-state index contributed by atoms with van der Waals surface area (Å²) in [6, 6.07) is 6.30. The molecule has 1 atom stereocenters. The highest BCUT2D eigenvalue weighted by Gasteiger charge is 2.35. The third-order valence-corrected chi connectivity index (χ3v) is 5.06. The molecule has 1 aliphatic rings. The summed E-state index contributed by atoms with van der Waals surface area (Å²) in [6.07, 6.45) is -7.67. The smallest absolute Gasteiger partial charge is 0.343 e. The fourth-order valence-electron chi connectivity index (χ4n) is 3.74. The zero-order valence-corrected chi connectivity index (χ0v) is 16.8. The lowest BCUT2D eigenvalue weighted by atomic mass is 9.99. The quantitative estimate of drug-likeness (QED) is 0.651. The third kappa shape index (κ3) is 5.55. The number of fused-ring (bicyclic) bond motifs is 1. The minimum Gasteiger partial charge on any atom is -0.343 e. The Morgan fingerprint density at radius 1 is 1.16 bits per heavy atom. The van der Waals surface area contributed by atoms with E-state index in [1.165, 1.54) is 24.4 Å². The molecule has 168 valence electrons. The zero-order chi connectivity index (χ0) is 23.0. The maximum atomic E-state index is 12.8. The van der Waals surface area contributed by atoms with Crippen LogP contribution < -0.4 is 5.32 Å². The number of hydrogen-bond donors (Lipinski definition) is 1. The standard InChI is InChI=1S/C21H21F6N3O/c1-12(2)18-17-15(7-14(8-28-17)19(31)29-11-20(22,23)24)10-30(18)9-13-3-5-16(6-4-13)21(25,26)27/h3-8,12,18H,9-11H2,1-2H3,(H,29,31)/t18-/m0/s1. The van der Waals surface area contributed by atoms with Crippen LogP contribution in [0.3, 0.4) is 0 Å². The number of pyridine rings is 1. The Morgan fingerprint density at radius 2 is 1.81 bits per heavy atom. The second kappa shape index (κ2) is 8.49. The molecular formula is C21H21F6N3O. The van der Waals surface area contributed by atoms with Crippen LogP contribution in [0.1, 0.15) is 52.6 Å². The van der Waals surface area contributed by atoms with E-state index in [-0.39, 0.29) is 17.5 Å². The van der Waals surface area contributed by atoms with Gasteiger partial charge in [0.2, 0.25) is 0 Å². The Morgan fingerprint density at radius 3 is 2.35 bits per heavy atom. The number of hydrogen-bond acceptors (Lipinski definition) is 3. The van der Waals surface area contributed by atoms with Gasteiger partial charge < -0.3 is 5.32 Å². The highest BCUT2D eigenvalue weighted by atomic mass is 19.4. The van der Waals surface area contributed by atoms with Gasteiger partial charge in [0.05, 0.1) is 22.9 Å². The Kier molecular flexibility index (Phi) is 6.31. The van der Waals surface area contributed by atoms with Crippen molar-refractivity contribution in [2.45, 2.75) is 45.3 Å². The minimum atomic E-state index is -4.51. The molecule has 2 heterocycles. The number of amides is 1. The third-order valence-electron chi connectivity index (χ3n) is 5.06. The van der Waals surface area contributed by atoms with Crippen LogP contribution in [0.2, 0.25) is 0 Å². The molecule has 1 aliphatic heterocycles. The molecule has 0 saturated carbocycles. The molecule has 0 saturated heterocycles. The summed E-state index contributed by atoms with van der Waals surface area (Å²) in [4.78, 5) is 18.4. The van der Waals surface area contributed by atoms with E-state index in [4.69, 9.17) is 0 Å². The van der Waals surface area contributed by atoms with Crippen molar-refractivity contribution in [3.8, 4) is 0 Å². The number of halogens is 6. The molecule has 0 bridgehead atoms. The lowest BCUT2D eigenvalue weighted by Crippen LogP contribution is -2.33. The number of rotatable bonds is 5. The van der Waals surface area contributed by atoms with Crippen molar-refractivity contribution < 1.29 is 31.1 Å². The first-order chi connectivity index (χ1) is 14.3. The van der Waals surface area contributed by atoms with Gasteiger partial charge in [0, 0.05) is 19.3 Å². The number of carbonyl (C=O) groups is 1. The molecule has 1 amide bonds. The summed E-state index contributed by atoms with van der Waals surface area (Å²) in [5, 5.41) is 1.82. The maximum absolute atomic E-state index is 12.8. The Balaban J connectivity index is 1.78. The molecule has 10 heteroatoms. The van der Waals surface area contributed by atoms with Gasteiger partial charge in [-0.25, -0.2) is 0 Å². The van der Waals surface area contributed by atoms with E-state index in [9.17, 15) is 31.1 Å². The van der Waals surface area contributed by atoms with Crippen LogP contribution in [0, 0.1) is 5.92 Å². The molecule has 0 fully saturated rings. The van der Waals surface area contributed by atoms with E-state index in [1.807, 2.05) is 24.1 Å². The van der Waals surface area contributed by atoms with Gasteiger partial charge in [-0.1, -0.05) is 26.0 Å². The van der Waals surface area contributed by atoms with Gasteiger partial charge in [-0.3, -0.25) is 14.7 Å². The summed E-state index contributed by atoms with van der Waals surface area (Å²) in [5.41, 5.74) is 1.42. The number of alkyl halides is 6. The van der Waals surface area contributed by atoms with Crippen molar-refractivity contribution in [2.24, 2.45) is 5.92 Å². The van der Waals surface area contributed by atoms with Gasteiger partial charge >= 0.3 is 12.4 Å². The lowest BCUT2D eigenvalue weighted by Gasteiger charge is -2.27. The Labute approximate surface area is 175 Å². The highest BCUT2D eigenvalue weighted by molar-refractivity contribution is 5.94. The van der Waals surface area contributed by atoms with Crippen LogP contribution in [-0.4, -0.2) is 28.5 Å². The molecular weight excluding hydrogens is 424 g/mol. The zero-order valence-electron chi connectivity index (χ0n) is 16.8. The molecule has 0 spiro atoms. The minimum absolute atomic E-state index is 0.0295. The van der Waals surface area contributed by atoms with E-state index in [2.05, 4.69) is 4.98 Å². The molecule has 3 rings (SSSR count). The molecule has 1 aromatic carbocycles. The molecule has 31 heavy (non-hydrogen) atoms. The maximum Gasteiger partial charge on any atom is 0.416 e. The van der Waals surface area contributed by atoms with Gasteiger partial charge in [-0.15, -0.1) is 0 Å². The predicted molar refractivity (Wildman–Crippen MR) is 101 cm³/mol. The summed E-state index contributed by atoms with van der Waals surface area (Å²) in [5.74, 6) is -0.747. The van der Waals surface area contributed by atoms with Crippen molar-refractivity contribution in [3.63, 3.8) is 0 Å². The summed E-state index contributed by atoms with van der Waals surface area (Å²) < 4.78 is 75.4. The average molecular weight is 445 g/mol. The molecule has 0 unspecified atom stereocenters. The van der Waals surface area contributed by atoms with Crippen molar-refractivity contribution in [1.29, 1.82) is 0 Å². The predicted octanol–water partition coefficient (Wildman–Crippen LogP) is 5.11. The first-order valence-electron chi connectivity index (χ1n) is 9.59. The van der Waals surface area contributed by atoms with Crippen molar-refractivity contribution in [3.05, 3.63) is 64.5 Å². The van der Waals surface area contributed by atoms with Crippen LogP contribution in [0.25, 0.3) is 0 Å². The number of benzene rings is 1. The first kappa shape index (κ1) is 23.1. The first-order valence-corrected chi connectivity index (χ1v) is 9.59. The van der Waals surface area contributed by atoms with Crippen LogP contribution in [0.5, 0.6) is 0 Å². The largest absolute Gasteiger partial charge is 0.416 e. The van der Waals surface area contributed by atoms with E-state index in [0.717, 1.165) is 12.1 Å². The van der Waals surface area contributed by atoms with Crippen LogP contribution in [0.4, 0.5) is 26.3 Å². The van der Waals surface area contributed by atoms with Crippen molar-refractivity contribution >= 4 is 5.91 Å². The van der Waals surface area contributed by atoms with Gasteiger partial charge in [0.1, 0.15) is 6.54 Å². The summed E-state index contributed by atoms with van der Waals surface area (Å²) in [6.45, 7) is 3.27. The SMILES string of the molecule is CC(C)[C@H]1c2ncc(C(=O)NCC(F)(F)F)cc2CN1Cc1ccc(C(F)(F)F)cc1. The van der Waals surface area contributed by atoms with Crippen LogP contribution >= 0.6 is 0 Å². The van der Waals surface area contributed by atoms with E-state index >= 15 is 0 Å². The Hall–Kier alpha value is -2.62. The molecule has 4 nitrogen and oxygen atoms in total. The topological polar surface area (TPSA) is 45.2 Å². The second-order valence-electron chi connectivity index (χ2n) is 7.85. The van der Waals surface area contributed by atoms with Gasteiger partial charge in [0.15, 0.2) is 0 Å². The second-order valence-corrected chi connectivity index (χ2v) is 7.85. The fourth-order valence-corrected chi connectivity index (χ4v) is 3.74. The van der Waals surface area contributed by atoms with Crippen LogP contribution in [0.15, 0.2) is 36.5 Å². The number of nitrogens with zero attached hydrogens (tertiary/aromatic N) is 2. The lowest BCUT2D eigenvalue weighted by molar-refractivity contribution is -0.137. The monoisotopic (exact) mass is 445 g/mol. The van der Waals surface area contributed by atoms with Gasteiger partial charge in [-0.2, -0.15) is 26.3 Å². The average Bonchev–Trinajstić information content (AvgIpc) is 3.02. The normalized spacial score (nSPS) is 17.1. The van der Waals surface area contributed by atoms with E-state index < -0.39 is 30.4 Å². The fraction of sp³-hybridized carbons (Fsp3) is 0.429. The summed E-state index contributed by atoms with van der Waals surface area (Å²) >= 11 is 0. The number of aromatic nitrogens is 1. The number of carbonyl (C=O) groups excluding carboxylic acids is 1. The summed E-state index contributed by atoms with van der Waals surface area (Å²) in [7, 11) is 0. The molecule has 0 radical (unpaired) electrons. The van der Waals surface area contributed by atoms with E-state index in [0.29, 0.717) is 29.9 Å². The molecule has 1 N–H and O–H groups in total. The molecule has 1 aromatic heterocycles. The van der Waals surface area contributed by atoms with E-state index in [1.54, 1.807) is 0 Å². The van der Waals surface area contributed by atoms with Gasteiger partial charge in [-0.05, 0) is 35.2 Å². The van der Waals surface area contributed by atoms with Crippen molar-refractivity contribution in [2.75, 3.05) is 6.54 Å². The molecule has 2 aromatic rings. The molecule has 0 aliphatic carbocycles. The van der Waals surface area contributed by atoms with Crippen LogP contribution in [-0.2, 0) is 19.3 Å². The Bertz CT molecular complexity index is 938. The number of nitrogens with one attached hydrogen (secondary N) is 1.